The highest BCUT2D eigenvalue weighted by Gasteiger charge is 2.20. The SMILES string of the molecule is Cc1cccc(-c2ccccc2)c1C(=O)N(C)c1ccc(NCCc2ccccn2)cc1. The summed E-state index contributed by atoms with van der Waals surface area (Å²) in [7, 11) is 1.83. The molecule has 32 heavy (non-hydrogen) atoms. The minimum Gasteiger partial charge on any atom is -0.385 e. The molecule has 1 N–H and O–H groups in total. The van der Waals surface area contributed by atoms with E-state index in [4.69, 9.17) is 0 Å². The maximum absolute atomic E-state index is 13.5. The maximum Gasteiger partial charge on any atom is 0.258 e. The summed E-state index contributed by atoms with van der Waals surface area (Å²) in [6, 6.07) is 30.0. The van der Waals surface area contributed by atoms with Crippen molar-refractivity contribution in [1.82, 2.24) is 4.98 Å². The molecule has 4 nitrogen and oxygen atoms in total. The molecule has 0 unspecified atom stereocenters. The standard InChI is InChI=1S/C28H27N3O/c1-21-9-8-13-26(22-10-4-3-5-11-22)27(21)28(32)31(2)25-16-14-24(15-17-25)30-20-18-23-12-6-7-19-29-23/h3-17,19,30H,18,20H2,1-2H3. The molecule has 4 aromatic rings. The fourth-order valence-corrected chi connectivity index (χ4v) is 3.78. The Bertz CT molecular complexity index is 1170. The molecule has 1 amide bonds. The summed E-state index contributed by atoms with van der Waals surface area (Å²) in [5.74, 6) is -0.0159. The molecule has 0 saturated carbocycles. The molecule has 4 rings (SSSR count). The number of aromatic nitrogens is 1. The molecular formula is C28H27N3O. The van der Waals surface area contributed by atoms with E-state index in [1.54, 1.807) is 4.90 Å². The van der Waals surface area contributed by atoms with Crippen LogP contribution in [0.4, 0.5) is 11.4 Å². The van der Waals surface area contributed by atoms with E-state index in [-0.39, 0.29) is 5.91 Å². The van der Waals surface area contributed by atoms with Crippen molar-refractivity contribution in [1.29, 1.82) is 0 Å². The van der Waals surface area contributed by atoms with Gasteiger partial charge in [-0.05, 0) is 60.0 Å². The van der Waals surface area contributed by atoms with E-state index in [0.29, 0.717) is 0 Å². The maximum atomic E-state index is 13.5. The predicted octanol–water partition coefficient (Wildman–Crippen LogP) is 5.99. The van der Waals surface area contributed by atoms with E-state index in [1.165, 1.54) is 0 Å². The Hall–Kier alpha value is -3.92. The Morgan fingerprint density at radius 1 is 0.875 bits per heavy atom. The number of pyridine rings is 1. The van der Waals surface area contributed by atoms with Crippen molar-refractivity contribution in [2.75, 3.05) is 23.8 Å². The second-order valence-corrected chi connectivity index (χ2v) is 7.77. The number of carbonyl (C=O) groups excluding carboxylic acids is 1. The molecule has 3 aromatic carbocycles. The number of nitrogens with zero attached hydrogens (tertiary/aromatic N) is 2. The monoisotopic (exact) mass is 421 g/mol. The van der Waals surface area contributed by atoms with Gasteiger partial charge in [0.2, 0.25) is 0 Å². The number of carbonyl (C=O) groups is 1. The van der Waals surface area contributed by atoms with Crippen LogP contribution in [0.1, 0.15) is 21.6 Å². The van der Waals surface area contributed by atoms with Crippen LogP contribution >= 0.6 is 0 Å². The molecule has 0 radical (unpaired) electrons. The van der Waals surface area contributed by atoms with E-state index in [2.05, 4.69) is 10.3 Å². The van der Waals surface area contributed by atoms with Crippen molar-refractivity contribution < 1.29 is 4.79 Å². The van der Waals surface area contributed by atoms with Crippen LogP contribution in [0.25, 0.3) is 11.1 Å². The number of benzene rings is 3. The number of amides is 1. The van der Waals surface area contributed by atoms with E-state index >= 15 is 0 Å². The number of nitrogens with one attached hydrogen (secondary N) is 1. The van der Waals surface area contributed by atoms with E-state index in [9.17, 15) is 4.79 Å². The lowest BCUT2D eigenvalue weighted by molar-refractivity contribution is 0.0993. The zero-order valence-electron chi connectivity index (χ0n) is 18.5. The van der Waals surface area contributed by atoms with Crippen LogP contribution in [-0.2, 0) is 6.42 Å². The van der Waals surface area contributed by atoms with Gasteiger partial charge in [0.25, 0.3) is 5.91 Å². The number of hydrogen-bond donors (Lipinski definition) is 1. The van der Waals surface area contributed by atoms with Crippen LogP contribution in [0.2, 0.25) is 0 Å². The first-order valence-electron chi connectivity index (χ1n) is 10.8. The number of hydrogen-bond acceptors (Lipinski definition) is 3. The summed E-state index contributed by atoms with van der Waals surface area (Å²) < 4.78 is 0. The van der Waals surface area contributed by atoms with Gasteiger partial charge < -0.3 is 10.2 Å². The summed E-state index contributed by atoms with van der Waals surface area (Å²) in [4.78, 5) is 19.5. The minimum absolute atomic E-state index is 0.0159. The zero-order chi connectivity index (χ0) is 22.3. The first-order chi connectivity index (χ1) is 15.6. The summed E-state index contributed by atoms with van der Waals surface area (Å²) in [6.45, 7) is 2.79. The Balaban J connectivity index is 1.48. The number of anilines is 2. The molecule has 1 heterocycles. The lowest BCUT2D eigenvalue weighted by atomic mass is 9.95. The normalized spacial score (nSPS) is 10.6. The van der Waals surface area contributed by atoms with Gasteiger partial charge in [0.1, 0.15) is 0 Å². The van der Waals surface area contributed by atoms with Crippen LogP contribution < -0.4 is 10.2 Å². The molecule has 0 saturated heterocycles. The summed E-state index contributed by atoms with van der Waals surface area (Å²) in [5.41, 5.74) is 6.64. The Kier molecular flexibility index (Phi) is 6.61. The third-order valence-corrected chi connectivity index (χ3v) is 5.57. The van der Waals surface area contributed by atoms with Gasteiger partial charge in [0, 0.05) is 43.3 Å². The summed E-state index contributed by atoms with van der Waals surface area (Å²) in [6.07, 6.45) is 2.67. The molecule has 0 spiro atoms. The van der Waals surface area contributed by atoms with E-state index in [1.807, 2.05) is 111 Å². The van der Waals surface area contributed by atoms with E-state index < -0.39 is 0 Å². The molecule has 0 bridgehead atoms. The lowest BCUT2D eigenvalue weighted by Gasteiger charge is -2.21. The Morgan fingerprint density at radius 3 is 2.34 bits per heavy atom. The van der Waals surface area contributed by atoms with Gasteiger partial charge in [-0.15, -0.1) is 0 Å². The van der Waals surface area contributed by atoms with Crippen molar-refractivity contribution in [3.05, 3.63) is 114 Å². The molecule has 4 heteroatoms. The van der Waals surface area contributed by atoms with Crippen molar-refractivity contribution in [3.8, 4) is 11.1 Å². The third-order valence-electron chi connectivity index (χ3n) is 5.57. The number of rotatable bonds is 7. The Labute approximate surface area is 189 Å². The molecule has 0 atom stereocenters. The van der Waals surface area contributed by atoms with Gasteiger partial charge in [-0.2, -0.15) is 0 Å². The first kappa shape index (κ1) is 21.3. The van der Waals surface area contributed by atoms with Crippen LogP contribution in [0.5, 0.6) is 0 Å². The second-order valence-electron chi connectivity index (χ2n) is 7.77. The van der Waals surface area contributed by atoms with Crippen molar-refractivity contribution in [2.45, 2.75) is 13.3 Å². The minimum atomic E-state index is -0.0159. The zero-order valence-corrected chi connectivity index (χ0v) is 18.5. The summed E-state index contributed by atoms with van der Waals surface area (Å²) >= 11 is 0. The molecular weight excluding hydrogens is 394 g/mol. The molecule has 0 aliphatic heterocycles. The average molecular weight is 422 g/mol. The molecule has 160 valence electrons. The van der Waals surface area contributed by atoms with Gasteiger partial charge in [-0.1, -0.05) is 54.6 Å². The fraction of sp³-hybridized carbons (Fsp3) is 0.143. The molecule has 1 aromatic heterocycles. The fourth-order valence-electron chi connectivity index (χ4n) is 3.78. The van der Waals surface area contributed by atoms with Gasteiger partial charge in [-0.3, -0.25) is 9.78 Å². The van der Waals surface area contributed by atoms with Gasteiger partial charge in [0.15, 0.2) is 0 Å². The average Bonchev–Trinajstić information content (AvgIpc) is 2.85. The highest BCUT2D eigenvalue weighted by molar-refractivity contribution is 6.11. The predicted molar refractivity (Wildman–Crippen MR) is 132 cm³/mol. The first-order valence-corrected chi connectivity index (χ1v) is 10.8. The Morgan fingerprint density at radius 2 is 1.62 bits per heavy atom. The lowest BCUT2D eigenvalue weighted by Crippen LogP contribution is -2.27. The van der Waals surface area contributed by atoms with Gasteiger partial charge >= 0.3 is 0 Å². The van der Waals surface area contributed by atoms with Gasteiger partial charge in [0.05, 0.1) is 5.56 Å². The van der Waals surface area contributed by atoms with Crippen molar-refractivity contribution in [3.63, 3.8) is 0 Å². The van der Waals surface area contributed by atoms with Crippen LogP contribution in [0.15, 0.2) is 97.2 Å². The van der Waals surface area contributed by atoms with Crippen molar-refractivity contribution in [2.24, 2.45) is 0 Å². The van der Waals surface area contributed by atoms with Crippen LogP contribution in [-0.4, -0.2) is 24.5 Å². The molecule has 0 fully saturated rings. The second kappa shape index (κ2) is 9.92. The van der Waals surface area contributed by atoms with Crippen molar-refractivity contribution >= 4 is 17.3 Å². The topological polar surface area (TPSA) is 45.2 Å². The third kappa shape index (κ3) is 4.86. The largest absolute Gasteiger partial charge is 0.385 e. The molecule has 0 aliphatic carbocycles. The summed E-state index contributed by atoms with van der Waals surface area (Å²) in [5, 5.41) is 3.42. The smallest absolute Gasteiger partial charge is 0.258 e. The van der Waals surface area contributed by atoms with E-state index in [0.717, 1.165) is 52.3 Å². The highest BCUT2D eigenvalue weighted by Crippen LogP contribution is 2.28. The quantitative estimate of drug-likeness (QED) is 0.399. The van der Waals surface area contributed by atoms with Crippen LogP contribution in [0.3, 0.4) is 0 Å². The van der Waals surface area contributed by atoms with Crippen LogP contribution in [0, 0.1) is 6.92 Å². The van der Waals surface area contributed by atoms with Gasteiger partial charge in [-0.25, -0.2) is 0 Å². The molecule has 0 aliphatic rings. The highest BCUT2D eigenvalue weighted by atomic mass is 16.2. The number of aryl methyl sites for hydroxylation is 1.